The molecule has 4 aromatic carbocycles. The Morgan fingerprint density at radius 1 is 0.581 bits per heavy atom. The number of nitrogens with one attached hydrogen (secondary N) is 4. The van der Waals surface area contributed by atoms with E-state index in [4.69, 9.17) is 4.74 Å². The number of hydrogen-bond acceptors (Lipinski definition) is 5. The number of carbonyl (C=O) groups is 4. The summed E-state index contributed by atoms with van der Waals surface area (Å²) in [6, 6.07) is 27.7. The number of rotatable bonds is 6. The second-order valence-corrected chi connectivity index (χ2v) is 10.5. The molecule has 0 spiro atoms. The molecule has 2 aliphatic heterocycles. The number of hydrogen-bond donors (Lipinski definition) is 4. The Morgan fingerprint density at radius 3 is 1.35 bits per heavy atom. The monoisotopic (exact) mass is 574 g/mol. The summed E-state index contributed by atoms with van der Waals surface area (Å²) in [4.78, 5) is 53.0. The fourth-order valence-electron chi connectivity index (χ4n) is 5.57. The molecule has 0 bridgehead atoms. The zero-order valence-corrected chi connectivity index (χ0v) is 23.6. The van der Waals surface area contributed by atoms with E-state index in [1.807, 2.05) is 84.9 Å². The van der Waals surface area contributed by atoms with E-state index in [0.29, 0.717) is 22.5 Å². The first-order valence-corrected chi connectivity index (χ1v) is 14.1. The van der Waals surface area contributed by atoms with Gasteiger partial charge in [0.05, 0.1) is 0 Å². The second-order valence-electron chi connectivity index (χ2n) is 10.5. The third-order valence-corrected chi connectivity index (χ3v) is 7.74. The van der Waals surface area contributed by atoms with Crippen molar-refractivity contribution in [1.82, 2.24) is 10.6 Å². The Hall–Kier alpha value is -5.28. The molecule has 4 atom stereocenters. The van der Waals surface area contributed by atoms with Gasteiger partial charge in [0.15, 0.2) is 0 Å². The maximum Gasteiger partial charge on any atom is 0.251 e. The summed E-state index contributed by atoms with van der Waals surface area (Å²) in [5, 5.41) is 11.4. The van der Waals surface area contributed by atoms with E-state index in [1.54, 1.807) is 12.1 Å². The third-order valence-electron chi connectivity index (χ3n) is 7.74. The number of anilines is 2. The van der Waals surface area contributed by atoms with E-state index in [-0.39, 0.29) is 11.8 Å². The first kappa shape index (κ1) is 27.9. The van der Waals surface area contributed by atoms with E-state index >= 15 is 0 Å². The molecule has 216 valence electrons. The van der Waals surface area contributed by atoms with Gasteiger partial charge in [-0.25, -0.2) is 0 Å². The van der Waals surface area contributed by atoms with Gasteiger partial charge in [-0.2, -0.15) is 0 Å². The maximum atomic E-state index is 13.3. The van der Waals surface area contributed by atoms with E-state index in [1.165, 1.54) is 13.8 Å². The standard InChI is InChI=1S/C34H30N4O5/c1-19(31(39)37-29-25-15-5-3-11-21(25)23-13-7-9-17-27(23)35-33(29)41)43-20(2)32(40)38-30-26-16-6-4-12-22(26)24-14-8-10-18-28(24)36-34(30)42/h3-20,29-30H,1-2H3,(H,35,41)(H,36,42)(H,37,39)(H,38,40)/t19-,20-,29-,30-/m0/s1. The predicted octanol–water partition coefficient (Wildman–Crippen LogP) is 4.73. The number of benzene rings is 4. The van der Waals surface area contributed by atoms with E-state index in [2.05, 4.69) is 21.3 Å². The van der Waals surface area contributed by atoms with Crippen LogP contribution in [-0.2, 0) is 23.9 Å². The average Bonchev–Trinajstić information content (AvgIpc) is 3.21. The summed E-state index contributed by atoms with van der Waals surface area (Å²) >= 11 is 0. The van der Waals surface area contributed by atoms with Crippen LogP contribution in [0.2, 0.25) is 0 Å². The van der Waals surface area contributed by atoms with Crippen LogP contribution in [0, 0.1) is 0 Å². The van der Waals surface area contributed by atoms with Gasteiger partial charge in [-0.05, 0) is 48.2 Å². The Kier molecular flexibility index (Phi) is 7.48. The number of ether oxygens (including phenoxy) is 1. The van der Waals surface area contributed by atoms with Crippen molar-refractivity contribution in [2.75, 3.05) is 10.6 Å². The molecule has 0 radical (unpaired) electrons. The van der Waals surface area contributed by atoms with E-state index in [0.717, 1.165) is 22.3 Å². The van der Waals surface area contributed by atoms with Gasteiger partial charge in [0, 0.05) is 22.5 Å². The topological polar surface area (TPSA) is 126 Å². The van der Waals surface area contributed by atoms with Crippen molar-refractivity contribution in [2.45, 2.75) is 38.1 Å². The van der Waals surface area contributed by atoms with E-state index < -0.39 is 36.1 Å². The Balaban J connectivity index is 1.15. The Morgan fingerprint density at radius 2 is 0.930 bits per heavy atom. The number of fused-ring (bicyclic) bond motifs is 6. The smallest absolute Gasteiger partial charge is 0.251 e. The fourth-order valence-corrected chi connectivity index (χ4v) is 5.57. The lowest BCUT2D eigenvalue weighted by Gasteiger charge is -2.24. The van der Waals surface area contributed by atoms with Crippen molar-refractivity contribution in [2.24, 2.45) is 0 Å². The van der Waals surface area contributed by atoms with E-state index in [9.17, 15) is 19.2 Å². The van der Waals surface area contributed by atoms with Gasteiger partial charge >= 0.3 is 0 Å². The van der Waals surface area contributed by atoms with Crippen molar-refractivity contribution >= 4 is 35.0 Å². The Bertz CT molecular complexity index is 1630. The largest absolute Gasteiger partial charge is 0.356 e. The number of para-hydroxylation sites is 2. The molecule has 4 amide bonds. The summed E-state index contributed by atoms with van der Waals surface area (Å²) < 4.78 is 5.80. The summed E-state index contributed by atoms with van der Waals surface area (Å²) in [6.07, 6.45) is -2.16. The number of amides is 4. The molecular formula is C34H30N4O5. The summed E-state index contributed by atoms with van der Waals surface area (Å²) in [5.74, 6) is -1.90. The molecule has 0 fully saturated rings. The molecule has 43 heavy (non-hydrogen) atoms. The molecule has 2 heterocycles. The third kappa shape index (κ3) is 5.38. The van der Waals surface area contributed by atoms with Crippen LogP contribution in [-0.4, -0.2) is 35.8 Å². The maximum absolute atomic E-state index is 13.3. The SMILES string of the molecule is C[C@H](O[C@@H](C)C(=O)N[C@@H]1C(=O)Nc2ccccc2-c2ccccc21)C(=O)N[C@@H]1C(=O)Nc2ccccc2-c2ccccc21. The van der Waals surface area contributed by atoms with Gasteiger partial charge < -0.3 is 26.0 Å². The lowest BCUT2D eigenvalue weighted by molar-refractivity contribution is -0.146. The highest BCUT2D eigenvalue weighted by Crippen LogP contribution is 2.38. The van der Waals surface area contributed by atoms with Crippen LogP contribution < -0.4 is 21.3 Å². The summed E-state index contributed by atoms with van der Waals surface area (Å²) in [6.45, 7) is 3.03. The van der Waals surface area contributed by atoms with Crippen molar-refractivity contribution in [3.05, 3.63) is 108 Å². The summed E-state index contributed by atoms with van der Waals surface area (Å²) in [5.41, 5.74) is 5.96. The zero-order chi connectivity index (χ0) is 30.1. The molecule has 0 saturated heterocycles. The lowest BCUT2D eigenvalue weighted by atomic mass is 9.95. The quantitative estimate of drug-likeness (QED) is 0.265. The molecule has 0 saturated carbocycles. The van der Waals surface area contributed by atoms with Gasteiger partial charge in [-0.1, -0.05) is 84.9 Å². The molecule has 0 unspecified atom stereocenters. The molecule has 0 aliphatic carbocycles. The highest BCUT2D eigenvalue weighted by atomic mass is 16.5. The fraction of sp³-hybridized carbons (Fsp3) is 0.176. The highest BCUT2D eigenvalue weighted by molar-refractivity contribution is 6.06. The van der Waals surface area contributed by atoms with Gasteiger partial charge in [-0.15, -0.1) is 0 Å². The van der Waals surface area contributed by atoms with Crippen LogP contribution in [0.4, 0.5) is 11.4 Å². The number of carbonyl (C=O) groups excluding carboxylic acids is 4. The van der Waals surface area contributed by atoms with Crippen LogP contribution in [0.15, 0.2) is 97.1 Å². The van der Waals surface area contributed by atoms with Crippen molar-refractivity contribution in [3.8, 4) is 22.3 Å². The molecular weight excluding hydrogens is 544 g/mol. The van der Waals surface area contributed by atoms with Crippen LogP contribution in [0.3, 0.4) is 0 Å². The molecule has 4 aromatic rings. The minimum atomic E-state index is -1.08. The van der Waals surface area contributed by atoms with Crippen molar-refractivity contribution in [3.63, 3.8) is 0 Å². The molecule has 2 aliphatic rings. The highest BCUT2D eigenvalue weighted by Gasteiger charge is 2.34. The average molecular weight is 575 g/mol. The minimum absolute atomic E-state index is 0.386. The first-order chi connectivity index (χ1) is 20.8. The Labute approximate surface area is 248 Å². The summed E-state index contributed by atoms with van der Waals surface area (Å²) in [7, 11) is 0. The van der Waals surface area contributed by atoms with Gasteiger partial charge in [0.2, 0.25) is 11.8 Å². The van der Waals surface area contributed by atoms with Crippen LogP contribution in [0.1, 0.15) is 37.1 Å². The van der Waals surface area contributed by atoms with Gasteiger partial charge in [-0.3, -0.25) is 19.2 Å². The van der Waals surface area contributed by atoms with Crippen molar-refractivity contribution < 1.29 is 23.9 Å². The van der Waals surface area contributed by atoms with Gasteiger partial charge in [0.25, 0.3) is 11.8 Å². The molecule has 0 aromatic heterocycles. The molecule has 4 N–H and O–H groups in total. The molecule has 9 nitrogen and oxygen atoms in total. The van der Waals surface area contributed by atoms with Crippen molar-refractivity contribution in [1.29, 1.82) is 0 Å². The predicted molar refractivity (Wildman–Crippen MR) is 163 cm³/mol. The van der Waals surface area contributed by atoms with Crippen LogP contribution in [0.25, 0.3) is 22.3 Å². The normalized spacial score (nSPS) is 18.1. The molecule has 9 heteroatoms. The lowest BCUT2D eigenvalue weighted by Crippen LogP contribution is -2.46. The second kappa shape index (κ2) is 11.5. The van der Waals surface area contributed by atoms with Crippen LogP contribution in [0.5, 0.6) is 0 Å². The molecule has 6 rings (SSSR count). The first-order valence-electron chi connectivity index (χ1n) is 14.1. The zero-order valence-electron chi connectivity index (χ0n) is 23.6. The van der Waals surface area contributed by atoms with Gasteiger partial charge in [0.1, 0.15) is 24.3 Å². The van der Waals surface area contributed by atoms with Crippen LogP contribution >= 0.6 is 0 Å². The minimum Gasteiger partial charge on any atom is -0.356 e.